The van der Waals surface area contributed by atoms with Gasteiger partial charge in [-0.15, -0.1) is 0 Å². The predicted molar refractivity (Wildman–Crippen MR) is 134 cm³/mol. The van der Waals surface area contributed by atoms with Crippen molar-refractivity contribution in [3.8, 4) is 5.75 Å². The Hall–Kier alpha value is -2.92. The summed E-state index contributed by atoms with van der Waals surface area (Å²) in [6.45, 7) is 4.87. The molecule has 2 saturated heterocycles. The number of rotatable bonds is 5. The number of likely N-dealkylation sites (N-methyl/N-ethyl adjacent to an activating group) is 1. The summed E-state index contributed by atoms with van der Waals surface area (Å²) in [6, 6.07) is 12.6. The highest BCUT2D eigenvalue weighted by molar-refractivity contribution is 7.89. The van der Waals surface area contributed by atoms with Gasteiger partial charge in [-0.1, -0.05) is 18.2 Å². The van der Waals surface area contributed by atoms with E-state index in [0.29, 0.717) is 37.6 Å². The molecule has 35 heavy (non-hydrogen) atoms. The van der Waals surface area contributed by atoms with Gasteiger partial charge in [0.2, 0.25) is 10.0 Å². The molecule has 0 saturated carbocycles. The standard InChI is InChI=1S/C25H30N4O5S/c1-27-8-10-28(11-9-27)23-7-6-21(35(31,32)29-12-14-33-15-13-29)17-22(23)26-25(30)20-16-19-4-2-3-5-24(19)34-18-20/h2-7,16-17H,8-15,18H2,1H3,(H,26,30). The lowest BCUT2D eigenvalue weighted by Crippen LogP contribution is -2.45. The molecule has 1 amide bonds. The van der Waals surface area contributed by atoms with E-state index < -0.39 is 10.0 Å². The molecule has 0 atom stereocenters. The number of hydrogen-bond acceptors (Lipinski definition) is 7. The summed E-state index contributed by atoms with van der Waals surface area (Å²) < 4.78 is 39.1. The van der Waals surface area contributed by atoms with E-state index in [1.54, 1.807) is 18.2 Å². The number of amides is 1. The molecule has 0 aromatic heterocycles. The minimum absolute atomic E-state index is 0.151. The molecule has 0 aliphatic carbocycles. The number of morpholine rings is 1. The Morgan fingerprint density at radius 1 is 0.971 bits per heavy atom. The molecule has 1 N–H and O–H groups in total. The minimum Gasteiger partial charge on any atom is -0.488 e. The molecule has 186 valence electrons. The minimum atomic E-state index is -3.71. The summed E-state index contributed by atoms with van der Waals surface area (Å²) in [5.41, 5.74) is 2.61. The van der Waals surface area contributed by atoms with Crippen LogP contribution in [0, 0.1) is 0 Å². The third-order valence-corrected chi connectivity index (χ3v) is 8.49. The van der Waals surface area contributed by atoms with Crippen molar-refractivity contribution in [2.45, 2.75) is 4.90 Å². The Balaban J connectivity index is 1.46. The Morgan fingerprint density at radius 2 is 1.71 bits per heavy atom. The second-order valence-corrected chi connectivity index (χ2v) is 10.9. The number of hydrogen-bond donors (Lipinski definition) is 1. The number of fused-ring (bicyclic) bond motifs is 1. The molecule has 9 nitrogen and oxygen atoms in total. The maximum absolute atomic E-state index is 13.3. The van der Waals surface area contributed by atoms with Gasteiger partial charge >= 0.3 is 0 Å². The summed E-state index contributed by atoms with van der Waals surface area (Å²) in [5, 5.41) is 2.98. The van der Waals surface area contributed by atoms with Gasteiger partial charge in [0.25, 0.3) is 5.91 Å². The highest BCUT2D eigenvalue weighted by Crippen LogP contribution is 2.32. The topological polar surface area (TPSA) is 91.4 Å². The molecule has 3 heterocycles. The first-order valence-corrected chi connectivity index (χ1v) is 13.2. The van der Waals surface area contributed by atoms with Gasteiger partial charge in [-0.25, -0.2) is 8.42 Å². The summed E-state index contributed by atoms with van der Waals surface area (Å²) in [7, 11) is -1.63. The van der Waals surface area contributed by atoms with Crippen molar-refractivity contribution in [1.82, 2.24) is 9.21 Å². The van der Waals surface area contributed by atoms with Gasteiger partial charge in [-0.05, 0) is 37.4 Å². The highest BCUT2D eigenvalue weighted by Gasteiger charge is 2.28. The fourth-order valence-corrected chi connectivity index (χ4v) is 5.92. The Labute approximate surface area is 206 Å². The second kappa shape index (κ2) is 9.98. The van der Waals surface area contributed by atoms with Gasteiger partial charge < -0.3 is 24.6 Å². The number of carbonyl (C=O) groups excluding carboxylic acids is 1. The van der Waals surface area contributed by atoms with Crippen LogP contribution in [0.2, 0.25) is 0 Å². The fraction of sp³-hybridized carbons (Fsp3) is 0.400. The highest BCUT2D eigenvalue weighted by atomic mass is 32.2. The van der Waals surface area contributed by atoms with Crippen molar-refractivity contribution in [3.05, 3.63) is 53.6 Å². The van der Waals surface area contributed by atoms with Crippen LogP contribution in [0.1, 0.15) is 5.56 Å². The van der Waals surface area contributed by atoms with E-state index in [2.05, 4.69) is 22.2 Å². The van der Waals surface area contributed by atoms with E-state index in [1.807, 2.05) is 30.3 Å². The second-order valence-electron chi connectivity index (χ2n) is 8.94. The Morgan fingerprint density at radius 3 is 2.49 bits per heavy atom. The average molecular weight is 499 g/mol. The molecular formula is C25H30N4O5S. The van der Waals surface area contributed by atoms with E-state index in [0.717, 1.165) is 43.2 Å². The van der Waals surface area contributed by atoms with Crippen LogP contribution in [0.4, 0.5) is 11.4 Å². The number of nitrogens with one attached hydrogen (secondary N) is 1. The van der Waals surface area contributed by atoms with E-state index in [9.17, 15) is 13.2 Å². The number of benzene rings is 2. The maximum atomic E-state index is 13.3. The number of anilines is 2. The van der Waals surface area contributed by atoms with Gasteiger partial charge in [0.05, 0.1) is 35.1 Å². The van der Waals surface area contributed by atoms with Crippen molar-refractivity contribution in [3.63, 3.8) is 0 Å². The van der Waals surface area contributed by atoms with E-state index in [1.165, 1.54) is 4.31 Å². The smallest absolute Gasteiger partial charge is 0.255 e. The van der Waals surface area contributed by atoms with Crippen molar-refractivity contribution < 1.29 is 22.7 Å². The molecule has 0 spiro atoms. The van der Waals surface area contributed by atoms with Crippen molar-refractivity contribution in [1.29, 1.82) is 0 Å². The third-order valence-electron chi connectivity index (χ3n) is 6.59. The summed E-state index contributed by atoms with van der Waals surface area (Å²) in [5.74, 6) is 0.427. The number of carbonyl (C=O) groups is 1. The van der Waals surface area contributed by atoms with Crippen LogP contribution in [0.3, 0.4) is 0 Å². The lowest BCUT2D eigenvalue weighted by Gasteiger charge is -2.35. The molecule has 10 heteroatoms. The monoisotopic (exact) mass is 498 g/mol. The average Bonchev–Trinajstić information content (AvgIpc) is 2.89. The van der Waals surface area contributed by atoms with Crippen LogP contribution in [0.5, 0.6) is 5.75 Å². The van der Waals surface area contributed by atoms with Crippen LogP contribution in [-0.2, 0) is 19.6 Å². The number of ether oxygens (including phenoxy) is 2. The van der Waals surface area contributed by atoms with Crippen LogP contribution in [-0.4, -0.2) is 89.7 Å². The molecule has 0 unspecified atom stereocenters. The normalized spacial score (nSPS) is 19.5. The van der Waals surface area contributed by atoms with E-state index in [4.69, 9.17) is 9.47 Å². The number of para-hydroxylation sites is 1. The summed E-state index contributed by atoms with van der Waals surface area (Å²) in [6.07, 6.45) is 1.82. The molecule has 3 aliphatic rings. The van der Waals surface area contributed by atoms with Gasteiger partial charge in [0, 0.05) is 44.8 Å². The molecule has 2 fully saturated rings. The summed E-state index contributed by atoms with van der Waals surface area (Å²) in [4.78, 5) is 17.8. The Bertz CT molecular complexity index is 1230. The molecule has 0 radical (unpaired) electrons. The zero-order chi connectivity index (χ0) is 24.4. The molecule has 2 aromatic rings. The largest absolute Gasteiger partial charge is 0.488 e. The first-order chi connectivity index (χ1) is 16.9. The van der Waals surface area contributed by atoms with Crippen LogP contribution >= 0.6 is 0 Å². The molecule has 5 rings (SSSR count). The zero-order valence-electron chi connectivity index (χ0n) is 19.8. The van der Waals surface area contributed by atoms with Crippen molar-refractivity contribution >= 4 is 33.4 Å². The lowest BCUT2D eigenvalue weighted by atomic mass is 10.1. The fourth-order valence-electron chi connectivity index (χ4n) is 4.48. The van der Waals surface area contributed by atoms with Crippen molar-refractivity contribution in [2.24, 2.45) is 0 Å². The van der Waals surface area contributed by atoms with E-state index in [-0.39, 0.29) is 17.4 Å². The molecule has 3 aliphatic heterocycles. The first-order valence-electron chi connectivity index (χ1n) is 11.8. The first kappa shape index (κ1) is 23.8. The number of nitrogens with zero attached hydrogens (tertiary/aromatic N) is 3. The Kier molecular flexibility index (Phi) is 6.79. The van der Waals surface area contributed by atoms with Gasteiger partial charge in [0.15, 0.2) is 0 Å². The SMILES string of the molecule is CN1CCN(c2ccc(S(=O)(=O)N3CCOCC3)cc2NC(=O)C2=Cc3ccccc3OC2)CC1. The van der Waals surface area contributed by atoms with Gasteiger partial charge in [0.1, 0.15) is 12.4 Å². The quantitative estimate of drug-likeness (QED) is 0.673. The number of piperazine rings is 1. The molecular weight excluding hydrogens is 468 g/mol. The molecule has 0 bridgehead atoms. The zero-order valence-corrected chi connectivity index (χ0v) is 20.6. The van der Waals surface area contributed by atoms with Crippen molar-refractivity contribution in [2.75, 3.05) is 76.4 Å². The van der Waals surface area contributed by atoms with Crippen LogP contribution < -0.4 is 15.0 Å². The van der Waals surface area contributed by atoms with Crippen LogP contribution in [0.25, 0.3) is 6.08 Å². The van der Waals surface area contributed by atoms with Crippen LogP contribution in [0.15, 0.2) is 52.9 Å². The third kappa shape index (κ3) is 5.06. The lowest BCUT2D eigenvalue weighted by molar-refractivity contribution is -0.113. The number of sulfonamides is 1. The van der Waals surface area contributed by atoms with Gasteiger partial charge in [-0.3, -0.25) is 4.79 Å². The maximum Gasteiger partial charge on any atom is 0.255 e. The molecule has 2 aromatic carbocycles. The summed E-state index contributed by atoms with van der Waals surface area (Å²) >= 11 is 0. The van der Waals surface area contributed by atoms with Gasteiger partial charge in [-0.2, -0.15) is 4.31 Å². The predicted octanol–water partition coefficient (Wildman–Crippen LogP) is 1.87. The van der Waals surface area contributed by atoms with E-state index >= 15 is 0 Å².